The first-order valence-electron chi connectivity index (χ1n) is 20.8. The summed E-state index contributed by atoms with van der Waals surface area (Å²) in [5.41, 5.74) is 14.0. The quantitative estimate of drug-likeness (QED) is 0.163. The third-order valence-electron chi connectivity index (χ3n) is 12.6. The van der Waals surface area contributed by atoms with E-state index in [4.69, 9.17) is 8.83 Å². The average Bonchev–Trinajstić information content (AvgIpc) is 4.01. The number of furan rings is 2. The van der Waals surface area contributed by atoms with E-state index < -0.39 is 0 Å². The molecular weight excluding hydrogens is 743 g/mol. The summed E-state index contributed by atoms with van der Waals surface area (Å²) in [5, 5.41) is 10.4. The van der Waals surface area contributed by atoms with Gasteiger partial charge in [-0.2, -0.15) is 0 Å². The summed E-state index contributed by atoms with van der Waals surface area (Å²) in [7, 11) is 0. The summed E-state index contributed by atoms with van der Waals surface area (Å²) in [5.74, 6) is 0.838. The molecule has 0 bridgehead atoms. The minimum absolute atomic E-state index is 0.801. The summed E-state index contributed by atoms with van der Waals surface area (Å²) >= 11 is 0. The molecule has 3 heterocycles. The molecule has 3 nitrogen and oxygen atoms in total. The predicted molar refractivity (Wildman–Crippen MR) is 255 cm³/mol. The minimum atomic E-state index is 0.801. The van der Waals surface area contributed by atoms with Crippen LogP contribution in [0.5, 0.6) is 0 Å². The van der Waals surface area contributed by atoms with Crippen molar-refractivity contribution in [1.29, 1.82) is 0 Å². The second-order valence-electron chi connectivity index (χ2n) is 15.9. The first-order valence-corrected chi connectivity index (χ1v) is 20.8. The van der Waals surface area contributed by atoms with Gasteiger partial charge in [-0.05, 0) is 97.9 Å². The molecule has 284 valence electrons. The topological polar surface area (TPSA) is 31.2 Å². The number of hydrogen-bond acceptors (Lipinski definition) is 2. The van der Waals surface area contributed by atoms with E-state index in [-0.39, 0.29) is 0 Å². The van der Waals surface area contributed by atoms with Gasteiger partial charge in [-0.3, -0.25) is 0 Å². The van der Waals surface area contributed by atoms with Crippen molar-refractivity contribution in [2.24, 2.45) is 0 Å². The fourth-order valence-corrected chi connectivity index (χ4v) is 10.1. The fourth-order valence-electron chi connectivity index (χ4n) is 10.1. The Morgan fingerprint density at radius 2 is 0.885 bits per heavy atom. The van der Waals surface area contributed by atoms with Crippen LogP contribution in [0.25, 0.3) is 127 Å². The van der Waals surface area contributed by atoms with E-state index in [1.54, 1.807) is 0 Å². The first kappa shape index (κ1) is 33.8. The SMILES string of the molecule is c1ccc(-c2oc3ccc4c(oc5cccc(-c6c7ccccc7c(-c7ccc8c(c7)c7ccccc7n8-c7ccccc7)c7ccccc67)c54)c3c2-c2ccccc2)cc1. The maximum atomic E-state index is 7.00. The van der Waals surface area contributed by atoms with Crippen LogP contribution in [0.4, 0.5) is 0 Å². The molecule has 3 heteroatoms. The van der Waals surface area contributed by atoms with E-state index in [0.717, 1.165) is 66.6 Å². The van der Waals surface area contributed by atoms with E-state index in [2.05, 4.69) is 211 Å². The van der Waals surface area contributed by atoms with Crippen LogP contribution in [0.15, 0.2) is 221 Å². The molecule has 10 aromatic carbocycles. The zero-order valence-electron chi connectivity index (χ0n) is 33.0. The molecular formula is C58H35NO2. The molecule has 0 radical (unpaired) electrons. The molecule has 0 spiro atoms. The highest BCUT2D eigenvalue weighted by Gasteiger charge is 2.25. The van der Waals surface area contributed by atoms with E-state index in [9.17, 15) is 0 Å². The molecule has 61 heavy (non-hydrogen) atoms. The van der Waals surface area contributed by atoms with Gasteiger partial charge < -0.3 is 13.4 Å². The molecule has 0 atom stereocenters. The van der Waals surface area contributed by atoms with Gasteiger partial charge in [0.25, 0.3) is 0 Å². The fraction of sp³-hybridized carbons (Fsp3) is 0. The summed E-state index contributed by atoms with van der Waals surface area (Å²) in [6, 6.07) is 76.0. The Hall–Kier alpha value is -8.14. The van der Waals surface area contributed by atoms with Gasteiger partial charge in [-0.15, -0.1) is 0 Å². The van der Waals surface area contributed by atoms with Crippen LogP contribution in [-0.2, 0) is 0 Å². The zero-order valence-corrected chi connectivity index (χ0v) is 33.0. The Kier molecular flexibility index (Phi) is 7.31. The Labute approximate surface area is 350 Å². The van der Waals surface area contributed by atoms with Gasteiger partial charge in [0, 0.05) is 38.4 Å². The highest BCUT2D eigenvalue weighted by molar-refractivity contribution is 6.28. The maximum absolute atomic E-state index is 7.00. The number of rotatable bonds is 5. The highest BCUT2D eigenvalue weighted by Crippen LogP contribution is 2.50. The lowest BCUT2D eigenvalue weighted by Crippen LogP contribution is -1.93. The minimum Gasteiger partial charge on any atom is -0.455 e. The molecule has 3 aromatic heterocycles. The maximum Gasteiger partial charge on any atom is 0.147 e. The van der Waals surface area contributed by atoms with Crippen molar-refractivity contribution in [3.05, 3.63) is 212 Å². The molecule has 0 amide bonds. The van der Waals surface area contributed by atoms with E-state index in [1.807, 2.05) is 6.07 Å². The van der Waals surface area contributed by atoms with Gasteiger partial charge >= 0.3 is 0 Å². The largest absolute Gasteiger partial charge is 0.455 e. The molecule has 0 fully saturated rings. The first-order chi connectivity index (χ1) is 30.3. The number of nitrogens with zero attached hydrogens (tertiary/aromatic N) is 1. The molecule has 0 aliphatic carbocycles. The van der Waals surface area contributed by atoms with Crippen molar-refractivity contribution >= 4 is 76.3 Å². The standard InChI is InChI=1S/C58H35NO2/c1-4-17-36(18-5-1)53-56-51(60-57(53)37-19-6-2-7-20-37)34-32-46-55-45(28-16-30-50(55)61-58(46)56)54-43-26-12-10-24-41(43)52(42-25-11-13-27-44(42)54)38-31-33-49-47(35-38)40-23-14-15-29-48(40)59(49)39-21-8-3-9-22-39/h1-35H. The van der Waals surface area contributed by atoms with E-state index >= 15 is 0 Å². The van der Waals surface area contributed by atoms with Crippen molar-refractivity contribution < 1.29 is 8.83 Å². The number of para-hydroxylation sites is 2. The van der Waals surface area contributed by atoms with Gasteiger partial charge in [0.1, 0.15) is 22.5 Å². The van der Waals surface area contributed by atoms with Crippen molar-refractivity contribution in [1.82, 2.24) is 4.57 Å². The normalized spacial score (nSPS) is 11.9. The van der Waals surface area contributed by atoms with Crippen LogP contribution >= 0.6 is 0 Å². The van der Waals surface area contributed by atoms with E-state index in [1.165, 1.54) is 60.0 Å². The highest BCUT2D eigenvalue weighted by atomic mass is 16.3. The Bertz CT molecular complexity index is 3800. The van der Waals surface area contributed by atoms with Gasteiger partial charge in [0.05, 0.1) is 16.4 Å². The number of aromatic nitrogens is 1. The monoisotopic (exact) mass is 777 g/mol. The summed E-state index contributed by atoms with van der Waals surface area (Å²) in [4.78, 5) is 0. The summed E-state index contributed by atoms with van der Waals surface area (Å²) in [6.45, 7) is 0. The zero-order chi connectivity index (χ0) is 40.0. The number of fused-ring (bicyclic) bond motifs is 10. The van der Waals surface area contributed by atoms with Gasteiger partial charge in [0.15, 0.2) is 0 Å². The summed E-state index contributed by atoms with van der Waals surface area (Å²) in [6.07, 6.45) is 0. The van der Waals surface area contributed by atoms with Crippen LogP contribution in [0, 0.1) is 0 Å². The van der Waals surface area contributed by atoms with Crippen molar-refractivity contribution in [2.75, 3.05) is 0 Å². The third-order valence-corrected chi connectivity index (χ3v) is 12.6. The molecule has 0 unspecified atom stereocenters. The molecule has 0 saturated carbocycles. The molecule has 0 saturated heterocycles. The second-order valence-corrected chi connectivity index (χ2v) is 15.9. The van der Waals surface area contributed by atoms with Crippen molar-refractivity contribution in [2.45, 2.75) is 0 Å². The lowest BCUT2D eigenvalue weighted by atomic mass is 9.84. The number of hydrogen-bond donors (Lipinski definition) is 0. The van der Waals surface area contributed by atoms with Crippen LogP contribution in [0.2, 0.25) is 0 Å². The van der Waals surface area contributed by atoms with Crippen LogP contribution in [0.1, 0.15) is 0 Å². The molecule has 13 aromatic rings. The molecule has 0 aliphatic heterocycles. The van der Waals surface area contributed by atoms with Crippen LogP contribution < -0.4 is 0 Å². The Balaban J connectivity index is 1.08. The average molecular weight is 778 g/mol. The van der Waals surface area contributed by atoms with E-state index in [0.29, 0.717) is 0 Å². The lowest BCUT2D eigenvalue weighted by molar-refractivity contribution is 0.631. The van der Waals surface area contributed by atoms with Gasteiger partial charge in [-0.25, -0.2) is 0 Å². The van der Waals surface area contributed by atoms with Gasteiger partial charge in [-0.1, -0.05) is 164 Å². The molecule has 0 N–H and O–H groups in total. The number of benzene rings is 10. The smallest absolute Gasteiger partial charge is 0.147 e. The predicted octanol–water partition coefficient (Wildman–Crippen LogP) is 16.4. The Morgan fingerprint density at radius 1 is 0.311 bits per heavy atom. The van der Waals surface area contributed by atoms with Crippen LogP contribution in [0.3, 0.4) is 0 Å². The lowest BCUT2D eigenvalue weighted by Gasteiger charge is -2.18. The van der Waals surface area contributed by atoms with Crippen molar-refractivity contribution in [3.8, 4) is 50.4 Å². The molecule has 0 aliphatic rings. The third kappa shape index (κ3) is 4.98. The van der Waals surface area contributed by atoms with Gasteiger partial charge in [0.2, 0.25) is 0 Å². The van der Waals surface area contributed by atoms with Crippen LogP contribution in [-0.4, -0.2) is 4.57 Å². The van der Waals surface area contributed by atoms with Crippen molar-refractivity contribution in [3.63, 3.8) is 0 Å². The molecule has 13 rings (SSSR count). The summed E-state index contributed by atoms with van der Waals surface area (Å²) < 4.78 is 16.1. The Morgan fingerprint density at radius 3 is 1.59 bits per heavy atom. The second kappa shape index (κ2) is 13.2.